The van der Waals surface area contributed by atoms with Crippen molar-refractivity contribution in [3.05, 3.63) is 95.1 Å². The molecule has 0 saturated carbocycles. The van der Waals surface area contributed by atoms with E-state index >= 15 is 0 Å². The number of nitriles is 1. The molecule has 0 heterocycles. The van der Waals surface area contributed by atoms with Gasteiger partial charge in [-0.05, 0) is 48.4 Å². The zero-order chi connectivity index (χ0) is 23.6. The van der Waals surface area contributed by atoms with Crippen molar-refractivity contribution in [2.24, 2.45) is 0 Å². The van der Waals surface area contributed by atoms with Crippen molar-refractivity contribution >= 4 is 23.6 Å². The lowest BCUT2D eigenvalue weighted by Gasteiger charge is -2.13. The Kier molecular flexibility index (Phi) is 7.81. The third-order valence-corrected chi connectivity index (χ3v) is 4.59. The standard InChI is InChI=1S/C26H22N2O5/c1-2-32-24-15-19(12-13-23(24)33-17-18-8-4-3-5-9-18)14-20(16-27)25(29)28-22-11-7-6-10-21(22)26(30)31/h3-15H,2,17H2,1H3,(H,28,29)(H,30,31)/b20-14+. The molecule has 0 spiro atoms. The molecule has 3 aromatic carbocycles. The Bertz CT molecular complexity index is 1210. The Morgan fingerprint density at radius 1 is 1.00 bits per heavy atom. The molecule has 0 fully saturated rings. The maximum atomic E-state index is 12.6. The molecule has 166 valence electrons. The topological polar surface area (TPSA) is 109 Å². The third kappa shape index (κ3) is 6.21. The second-order valence-electron chi connectivity index (χ2n) is 6.89. The van der Waals surface area contributed by atoms with Crippen LogP contribution in [0.1, 0.15) is 28.4 Å². The van der Waals surface area contributed by atoms with Gasteiger partial charge in [0.15, 0.2) is 11.5 Å². The van der Waals surface area contributed by atoms with E-state index in [9.17, 15) is 20.0 Å². The van der Waals surface area contributed by atoms with Crippen molar-refractivity contribution in [2.45, 2.75) is 13.5 Å². The number of hydrogen-bond donors (Lipinski definition) is 2. The van der Waals surface area contributed by atoms with Crippen LogP contribution in [-0.4, -0.2) is 23.6 Å². The van der Waals surface area contributed by atoms with E-state index in [1.54, 1.807) is 30.3 Å². The van der Waals surface area contributed by atoms with E-state index in [0.29, 0.717) is 30.3 Å². The Morgan fingerprint density at radius 2 is 1.73 bits per heavy atom. The van der Waals surface area contributed by atoms with Gasteiger partial charge in [-0.2, -0.15) is 5.26 Å². The van der Waals surface area contributed by atoms with Gasteiger partial charge in [-0.3, -0.25) is 4.79 Å². The van der Waals surface area contributed by atoms with E-state index in [1.165, 1.54) is 18.2 Å². The second-order valence-corrected chi connectivity index (χ2v) is 6.89. The van der Waals surface area contributed by atoms with Crippen LogP contribution in [0.25, 0.3) is 6.08 Å². The summed E-state index contributed by atoms with van der Waals surface area (Å²) < 4.78 is 11.6. The van der Waals surface area contributed by atoms with Gasteiger partial charge < -0.3 is 19.9 Å². The fourth-order valence-corrected chi connectivity index (χ4v) is 3.02. The van der Waals surface area contributed by atoms with Gasteiger partial charge in [0, 0.05) is 0 Å². The zero-order valence-electron chi connectivity index (χ0n) is 17.9. The number of carboxylic acid groups (broad SMARTS) is 1. The number of rotatable bonds is 9. The Morgan fingerprint density at radius 3 is 2.42 bits per heavy atom. The van der Waals surface area contributed by atoms with E-state index in [-0.39, 0.29) is 16.8 Å². The molecule has 0 aliphatic heterocycles. The van der Waals surface area contributed by atoms with Crippen LogP contribution in [-0.2, 0) is 11.4 Å². The third-order valence-electron chi connectivity index (χ3n) is 4.59. The van der Waals surface area contributed by atoms with Gasteiger partial charge in [-0.15, -0.1) is 0 Å². The molecule has 0 aromatic heterocycles. The number of aromatic carboxylic acids is 1. The number of ether oxygens (including phenoxy) is 2. The number of amides is 1. The first kappa shape index (κ1) is 23.1. The maximum Gasteiger partial charge on any atom is 0.337 e. The fraction of sp³-hybridized carbons (Fsp3) is 0.115. The number of benzene rings is 3. The Hall–Kier alpha value is -4.57. The monoisotopic (exact) mass is 442 g/mol. The first-order valence-electron chi connectivity index (χ1n) is 10.2. The molecule has 3 aromatic rings. The van der Waals surface area contributed by atoms with E-state index < -0.39 is 11.9 Å². The van der Waals surface area contributed by atoms with Crippen molar-refractivity contribution in [3.8, 4) is 17.6 Å². The molecule has 1 amide bonds. The number of para-hydroxylation sites is 1. The highest BCUT2D eigenvalue weighted by molar-refractivity contribution is 6.11. The summed E-state index contributed by atoms with van der Waals surface area (Å²) in [5.74, 6) is -0.873. The van der Waals surface area contributed by atoms with Crippen LogP contribution >= 0.6 is 0 Å². The number of hydrogen-bond acceptors (Lipinski definition) is 5. The molecule has 0 aliphatic rings. The minimum absolute atomic E-state index is 0.0679. The number of nitrogens with one attached hydrogen (secondary N) is 1. The Balaban J connectivity index is 1.81. The first-order valence-corrected chi connectivity index (χ1v) is 10.2. The lowest BCUT2D eigenvalue weighted by molar-refractivity contribution is -0.112. The quantitative estimate of drug-likeness (QED) is 0.360. The predicted molar refractivity (Wildman–Crippen MR) is 124 cm³/mol. The fourth-order valence-electron chi connectivity index (χ4n) is 3.02. The van der Waals surface area contributed by atoms with Crippen LogP contribution in [0.4, 0.5) is 5.69 Å². The van der Waals surface area contributed by atoms with Gasteiger partial charge in [0.2, 0.25) is 0 Å². The zero-order valence-corrected chi connectivity index (χ0v) is 17.9. The van der Waals surface area contributed by atoms with Gasteiger partial charge in [-0.25, -0.2) is 4.79 Å². The van der Waals surface area contributed by atoms with E-state index in [2.05, 4.69) is 5.32 Å². The van der Waals surface area contributed by atoms with Gasteiger partial charge in [0.25, 0.3) is 5.91 Å². The van der Waals surface area contributed by atoms with Crippen LogP contribution in [0.5, 0.6) is 11.5 Å². The lowest BCUT2D eigenvalue weighted by Crippen LogP contribution is -2.16. The molecule has 0 radical (unpaired) electrons. The summed E-state index contributed by atoms with van der Waals surface area (Å²) in [4.78, 5) is 24.0. The minimum atomic E-state index is -1.18. The first-order chi connectivity index (χ1) is 16.0. The van der Waals surface area contributed by atoms with E-state index in [4.69, 9.17) is 9.47 Å². The number of carboxylic acids is 1. The predicted octanol–water partition coefficient (Wildman–Crippen LogP) is 4.91. The van der Waals surface area contributed by atoms with Crippen molar-refractivity contribution in [2.75, 3.05) is 11.9 Å². The van der Waals surface area contributed by atoms with Crippen molar-refractivity contribution in [1.29, 1.82) is 5.26 Å². The second kappa shape index (κ2) is 11.2. The number of anilines is 1. The molecule has 7 heteroatoms. The van der Waals surface area contributed by atoms with Crippen LogP contribution in [0.3, 0.4) is 0 Å². The molecule has 33 heavy (non-hydrogen) atoms. The molecule has 0 bridgehead atoms. The summed E-state index contributed by atoms with van der Waals surface area (Å²) in [6.45, 7) is 2.62. The molecule has 7 nitrogen and oxygen atoms in total. The highest BCUT2D eigenvalue weighted by atomic mass is 16.5. The van der Waals surface area contributed by atoms with Gasteiger partial charge in [-0.1, -0.05) is 48.5 Å². The largest absolute Gasteiger partial charge is 0.490 e. The minimum Gasteiger partial charge on any atom is -0.490 e. The van der Waals surface area contributed by atoms with Crippen molar-refractivity contribution < 1.29 is 24.2 Å². The van der Waals surface area contributed by atoms with E-state index in [1.807, 2.05) is 43.3 Å². The summed E-state index contributed by atoms with van der Waals surface area (Å²) in [7, 11) is 0. The molecule has 0 aliphatic carbocycles. The maximum absolute atomic E-state index is 12.6. The molecule has 0 saturated heterocycles. The SMILES string of the molecule is CCOc1cc(/C=C(\C#N)C(=O)Nc2ccccc2C(=O)O)ccc1OCc1ccccc1. The summed E-state index contributed by atoms with van der Waals surface area (Å²) in [5, 5.41) is 21.3. The average molecular weight is 442 g/mol. The molecular formula is C26H22N2O5. The summed E-state index contributed by atoms with van der Waals surface area (Å²) in [6.07, 6.45) is 1.40. The number of carbonyl (C=O) groups excluding carboxylic acids is 1. The lowest BCUT2D eigenvalue weighted by atomic mass is 10.1. The Labute approximate surface area is 191 Å². The number of carbonyl (C=O) groups is 2. The molecule has 0 atom stereocenters. The molecule has 0 unspecified atom stereocenters. The van der Waals surface area contributed by atoms with Crippen molar-refractivity contribution in [1.82, 2.24) is 0 Å². The van der Waals surface area contributed by atoms with Gasteiger partial charge in [0.05, 0.1) is 17.9 Å². The van der Waals surface area contributed by atoms with Crippen LogP contribution in [0.2, 0.25) is 0 Å². The average Bonchev–Trinajstić information content (AvgIpc) is 2.83. The highest BCUT2D eigenvalue weighted by Crippen LogP contribution is 2.30. The number of nitrogens with zero attached hydrogens (tertiary/aromatic N) is 1. The van der Waals surface area contributed by atoms with Gasteiger partial charge in [0.1, 0.15) is 18.2 Å². The molecule has 2 N–H and O–H groups in total. The van der Waals surface area contributed by atoms with Crippen LogP contribution in [0, 0.1) is 11.3 Å². The summed E-state index contributed by atoms with van der Waals surface area (Å²) in [5.41, 5.74) is 1.42. The molecule has 3 rings (SSSR count). The van der Waals surface area contributed by atoms with Crippen molar-refractivity contribution in [3.63, 3.8) is 0 Å². The summed E-state index contributed by atoms with van der Waals surface area (Å²) >= 11 is 0. The molecular weight excluding hydrogens is 420 g/mol. The smallest absolute Gasteiger partial charge is 0.337 e. The van der Waals surface area contributed by atoms with Crippen LogP contribution in [0.15, 0.2) is 78.4 Å². The van der Waals surface area contributed by atoms with Gasteiger partial charge >= 0.3 is 5.97 Å². The van der Waals surface area contributed by atoms with Crippen LogP contribution < -0.4 is 14.8 Å². The van der Waals surface area contributed by atoms with E-state index in [0.717, 1.165) is 5.56 Å². The highest BCUT2D eigenvalue weighted by Gasteiger charge is 2.15. The summed E-state index contributed by atoms with van der Waals surface area (Å²) in [6, 6.07) is 22.6. The normalized spacial score (nSPS) is 10.7.